The van der Waals surface area contributed by atoms with Crippen LogP contribution in [0.2, 0.25) is 0 Å². The Bertz CT molecular complexity index is 597. The Morgan fingerprint density at radius 1 is 1.27 bits per heavy atom. The molecule has 0 saturated heterocycles. The Hall–Kier alpha value is -2.17. The molecule has 22 heavy (non-hydrogen) atoms. The van der Waals surface area contributed by atoms with E-state index in [2.05, 4.69) is 71.3 Å². The molecule has 5 heteroatoms. The van der Waals surface area contributed by atoms with E-state index in [1.54, 1.807) is 6.20 Å². The normalized spacial score (nSPS) is 10.8. The van der Waals surface area contributed by atoms with Gasteiger partial charge in [-0.3, -0.25) is 0 Å². The van der Waals surface area contributed by atoms with E-state index in [1.165, 1.54) is 5.56 Å². The summed E-state index contributed by atoms with van der Waals surface area (Å²) in [4.78, 5) is 6.65. The van der Waals surface area contributed by atoms with Crippen LogP contribution < -0.4 is 10.2 Å². The molecule has 118 valence electrons. The van der Waals surface area contributed by atoms with Gasteiger partial charge in [-0.25, -0.2) is 0 Å². The molecule has 2 rings (SSSR count). The highest BCUT2D eigenvalue weighted by atomic mass is 15.3. The number of aromatic nitrogens is 3. The average molecular weight is 299 g/mol. The highest BCUT2D eigenvalue weighted by Gasteiger charge is 2.11. The van der Waals surface area contributed by atoms with Crippen LogP contribution in [0.4, 0.5) is 17.5 Å². The average Bonchev–Trinajstić information content (AvgIpc) is 2.48. The van der Waals surface area contributed by atoms with Gasteiger partial charge >= 0.3 is 0 Å². The first-order valence-electron chi connectivity index (χ1n) is 7.88. The van der Waals surface area contributed by atoms with Crippen LogP contribution in [0.15, 0.2) is 30.5 Å². The summed E-state index contributed by atoms with van der Waals surface area (Å²) in [7, 11) is 0. The second kappa shape index (κ2) is 7.73. The van der Waals surface area contributed by atoms with Crippen LogP contribution in [0, 0.1) is 12.8 Å². The summed E-state index contributed by atoms with van der Waals surface area (Å²) in [6, 6.07) is 8.33. The zero-order valence-electron chi connectivity index (χ0n) is 13.9. The predicted octanol–water partition coefficient (Wildman–Crippen LogP) is 3.80. The predicted molar refractivity (Wildman–Crippen MR) is 91.6 cm³/mol. The second-order valence-electron chi connectivity index (χ2n) is 5.83. The van der Waals surface area contributed by atoms with Gasteiger partial charge in [0.2, 0.25) is 0 Å². The van der Waals surface area contributed by atoms with Gasteiger partial charge in [-0.05, 0) is 43.9 Å². The van der Waals surface area contributed by atoms with Crippen LogP contribution in [-0.4, -0.2) is 28.3 Å². The molecular formula is C17H25N5. The Kier molecular flexibility index (Phi) is 5.69. The summed E-state index contributed by atoms with van der Waals surface area (Å²) in [6.45, 7) is 10.3. The molecule has 0 spiro atoms. The highest BCUT2D eigenvalue weighted by molar-refractivity contribution is 5.58. The van der Waals surface area contributed by atoms with E-state index in [0.717, 1.165) is 31.0 Å². The summed E-state index contributed by atoms with van der Waals surface area (Å²) < 4.78 is 0. The molecule has 0 amide bonds. The monoisotopic (exact) mass is 299 g/mol. The SMILES string of the molecule is CCN(c1cccc(C)c1)c1nncc(NCCC(C)C)n1. The third kappa shape index (κ3) is 4.41. The van der Waals surface area contributed by atoms with Gasteiger partial charge in [0.1, 0.15) is 0 Å². The molecule has 0 aliphatic heterocycles. The van der Waals surface area contributed by atoms with Gasteiger partial charge in [0.05, 0.1) is 6.20 Å². The highest BCUT2D eigenvalue weighted by Crippen LogP contribution is 2.22. The largest absolute Gasteiger partial charge is 0.369 e. The number of hydrogen-bond donors (Lipinski definition) is 1. The lowest BCUT2D eigenvalue weighted by molar-refractivity contribution is 0.606. The fourth-order valence-corrected chi connectivity index (χ4v) is 2.22. The van der Waals surface area contributed by atoms with E-state index < -0.39 is 0 Å². The van der Waals surface area contributed by atoms with Crippen LogP contribution in [0.1, 0.15) is 32.8 Å². The Balaban J connectivity index is 2.15. The zero-order chi connectivity index (χ0) is 15.9. The molecule has 0 radical (unpaired) electrons. The molecule has 1 aromatic heterocycles. The molecule has 2 aromatic rings. The Morgan fingerprint density at radius 3 is 2.77 bits per heavy atom. The van der Waals surface area contributed by atoms with Gasteiger partial charge in [-0.15, -0.1) is 5.10 Å². The van der Waals surface area contributed by atoms with E-state index in [1.807, 2.05) is 6.07 Å². The first-order valence-corrected chi connectivity index (χ1v) is 7.88. The topological polar surface area (TPSA) is 53.9 Å². The maximum absolute atomic E-state index is 4.59. The number of nitrogens with zero attached hydrogens (tertiary/aromatic N) is 4. The summed E-state index contributed by atoms with van der Waals surface area (Å²) >= 11 is 0. The van der Waals surface area contributed by atoms with Crippen molar-refractivity contribution < 1.29 is 0 Å². The minimum atomic E-state index is 0.627. The fourth-order valence-electron chi connectivity index (χ4n) is 2.22. The standard InChI is InChI=1S/C17H25N5/c1-5-22(15-8-6-7-14(4)11-15)17-20-16(12-19-21-17)18-10-9-13(2)3/h6-8,11-13H,5,9-10H2,1-4H3,(H,18,20,21). The lowest BCUT2D eigenvalue weighted by Gasteiger charge is -2.21. The van der Waals surface area contributed by atoms with Gasteiger partial charge < -0.3 is 10.2 Å². The number of rotatable bonds is 7. The Labute approximate surface area is 132 Å². The van der Waals surface area contributed by atoms with Gasteiger partial charge in [0.25, 0.3) is 5.95 Å². The maximum Gasteiger partial charge on any atom is 0.251 e. The van der Waals surface area contributed by atoms with Crippen molar-refractivity contribution in [2.24, 2.45) is 5.92 Å². The number of aryl methyl sites for hydroxylation is 1. The van der Waals surface area contributed by atoms with E-state index in [9.17, 15) is 0 Å². The van der Waals surface area contributed by atoms with Crippen molar-refractivity contribution in [3.8, 4) is 0 Å². The minimum Gasteiger partial charge on any atom is -0.369 e. The van der Waals surface area contributed by atoms with Gasteiger partial charge in [-0.2, -0.15) is 10.1 Å². The molecule has 1 aromatic carbocycles. The molecule has 0 saturated carbocycles. The maximum atomic E-state index is 4.59. The van der Waals surface area contributed by atoms with Gasteiger partial charge in [0, 0.05) is 18.8 Å². The lowest BCUT2D eigenvalue weighted by Crippen LogP contribution is -2.20. The number of anilines is 3. The van der Waals surface area contributed by atoms with Crippen molar-refractivity contribution in [3.05, 3.63) is 36.0 Å². The number of benzene rings is 1. The summed E-state index contributed by atoms with van der Waals surface area (Å²) in [5.74, 6) is 2.07. The van der Waals surface area contributed by atoms with Crippen molar-refractivity contribution >= 4 is 17.5 Å². The third-order valence-electron chi connectivity index (χ3n) is 3.45. The molecule has 0 aliphatic rings. The number of nitrogens with one attached hydrogen (secondary N) is 1. The molecule has 0 unspecified atom stereocenters. The van der Waals surface area contributed by atoms with Gasteiger partial charge in [0.15, 0.2) is 5.82 Å². The summed E-state index contributed by atoms with van der Waals surface area (Å²) in [6.07, 6.45) is 2.78. The van der Waals surface area contributed by atoms with Crippen molar-refractivity contribution in [3.63, 3.8) is 0 Å². The zero-order valence-corrected chi connectivity index (χ0v) is 13.9. The van der Waals surface area contributed by atoms with Crippen LogP contribution in [0.3, 0.4) is 0 Å². The third-order valence-corrected chi connectivity index (χ3v) is 3.45. The summed E-state index contributed by atoms with van der Waals surface area (Å²) in [5.41, 5.74) is 2.30. The number of hydrogen-bond acceptors (Lipinski definition) is 5. The summed E-state index contributed by atoms with van der Waals surface area (Å²) in [5, 5.41) is 11.6. The molecule has 0 atom stereocenters. The minimum absolute atomic E-state index is 0.627. The Morgan fingerprint density at radius 2 is 2.09 bits per heavy atom. The quantitative estimate of drug-likeness (QED) is 0.843. The van der Waals surface area contributed by atoms with Crippen molar-refractivity contribution in [1.29, 1.82) is 0 Å². The van der Waals surface area contributed by atoms with E-state index in [-0.39, 0.29) is 0 Å². The lowest BCUT2D eigenvalue weighted by atomic mass is 10.1. The van der Waals surface area contributed by atoms with Crippen molar-refractivity contribution in [1.82, 2.24) is 15.2 Å². The van der Waals surface area contributed by atoms with Crippen LogP contribution in [0.5, 0.6) is 0 Å². The first kappa shape index (κ1) is 16.2. The smallest absolute Gasteiger partial charge is 0.251 e. The first-order chi connectivity index (χ1) is 10.6. The molecular weight excluding hydrogens is 274 g/mol. The van der Waals surface area contributed by atoms with Crippen LogP contribution in [-0.2, 0) is 0 Å². The van der Waals surface area contributed by atoms with Crippen LogP contribution >= 0.6 is 0 Å². The second-order valence-corrected chi connectivity index (χ2v) is 5.83. The van der Waals surface area contributed by atoms with Gasteiger partial charge in [-0.1, -0.05) is 26.0 Å². The van der Waals surface area contributed by atoms with E-state index in [0.29, 0.717) is 11.9 Å². The molecule has 0 aliphatic carbocycles. The van der Waals surface area contributed by atoms with E-state index >= 15 is 0 Å². The molecule has 1 N–H and O–H groups in total. The fraction of sp³-hybridized carbons (Fsp3) is 0.471. The molecule has 1 heterocycles. The van der Waals surface area contributed by atoms with Crippen molar-refractivity contribution in [2.45, 2.75) is 34.1 Å². The molecule has 5 nitrogen and oxygen atoms in total. The van der Waals surface area contributed by atoms with Crippen molar-refractivity contribution in [2.75, 3.05) is 23.3 Å². The molecule has 0 fully saturated rings. The molecule has 0 bridgehead atoms. The van der Waals surface area contributed by atoms with Crippen LogP contribution in [0.25, 0.3) is 0 Å². The van der Waals surface area contributed by atoms with E-state index in [4.69, 9.17) is 0 Å².